The lowest BCUT2D eigenvalue weighted by molar-refractivity contribution is -0.136. The van der Waals surface area contributed by atoms with Crippen molar-refractivity contribution < 1.29 is 9.53 Å². The zero-order valence-corrected chi connectivity index (χ0v) is 15.9. The molecule has 0 N–H and O–H groups in total. The highest BCUT2D eigenvalue weighted by Crippen LogP contribution is 2.63. The zero-order valence-electron chi connectivity index (χ0n) is 15.9. The number of hydrogen-bond donors (Lipinski definition) is 0. The molecule has 3 heterocycles. The number of amides is 1. The minimum atomic E-state index is -0.0374. The first-order valence-electron chi connectivity index (χ1n) is 9.41. The van der Waals surface area contributed by atoms with Gasteiger partial charge in [-0.3, -0.25) is 9.48 Å². The van der Waals surface area contributed by atoms with Crippen molar-refractivity contribution in [3.05, 3.63) is 43.5 Å². The highest BCUT2D eigenvalue weighted by atomic mass is 16.5. The summed E-state index contributed by atoms with van der Waals surface area (Å²) >= 11 is 0. The van der Waals surface area contributed by atoms with Crippen molar-refractivity contribution in [2.45, 2.75) is 31.4 Å². The second kappa shape index (κ2) is 5.92. The minimum absolute atomic E-state index is 0.0374. The normalized spacial score (nSPS) is 22.1. The number of hydrogen-bond acceptors (Lipinski definition) is 5. The lowest BCUT2D eigenvalue weighted by atomic mass is 9.72. The van der Waals surface area contributed by atoms with Gasteiger partial charge in [0.2, 0.25) is 11.8 Å². The Balaban J connectivity index is 1.44. The van der Waals surface area contributed by atoms with E-state index < -0.39 is 0 Å². The summed E-state index contributed by atoms with van der Waals surface area (Å²) in [7, 11) is 3.72. The molecule has 8 heteroatoms. The molecule has 0 radical (unpaired) electrons. The van der Waals surface area contributed by atoms with E-state index in [2.05, 4.69) is 16.8 Å². The molecule has 5 rings (SSSR count). The van der Waals surface area contributed by atoms with E-state index >= 15 is 0 Å². The lowest BCUT2D eigenvalue weighted by Crippen LogP contribution is -2.59. The van der Waals surface area contributed by atoms with Gasteiger partial charge >= 0.3 is 0 Å². The van der Waals surface area contributed by atoms with Crippen LogP contribution in [0.5, 0.6) is 5.88 Å². The third-order valence-corrected chi connectivity index (χ3v) is 6.17. The fraction of sp³-hybridized carbons (Fsp3) is 0.400. The number of carbonyl (C=O) groups excluding carboxylic acids is 1. The molecule has 2 fully saturated rings. The van der Waals surface area contributed by atoms with Crippen LogP contribution in [0.25, 0.3) is 16.8 Å². The standard InChI is InChI=1S/C20H22N6O2/c1-4-18(27)25(3)16-9-17(20(16)6-7-20)28-19-15-5-8-21-26(15)12-14(23-19)13-10-22-24(2)11-13/h4-5,8,10-12,16-17H,1,6-7,9H2,2-3H3/t16-,17+/m0/s1. The van der Waals surface area contributed by atoms with Gasteiger partial charge in [-0.05, 0) is 25.0 Å². The molecule has 3 aromatic rings. The van der Waals surface area contributed by atoms with Crippen LogP contribution in [0.2, 0.25) is 0 Å². The van der Waals surface area contributed by atoms with Crippen LogP contribution in [-0.4, -0.2) is 54.4 Å². The Kier molecular flexibility index (Phi) is 3.59. The van der Waals surface area contributed by atoms with Crippen molar-refractivity contribution in [3.8, 4) is 17.1 Å². The van der Waals surface area contributed by atoms with Gasteiger partial charge in [-0.25, -0.2) is 9.50 Å². The molecule has 0 bridgehead atoms. The van der Waals surface area contributed by atoms with Crippen LogP contribution < -0.4 is 4.74 Å². The van der Waals surface area contributed by atoms with Gasteiger partial charge in [0.25, 0.3) is 0 Å². The molecule has 2 saturated carbocycles. The van der Waals surface area contributed by atoms with Crippen LogP contribution in [0.15, 0.2) is 43.5 Å². The smallest absolute Gasteiger partial charge is 0.245 e. The van der Waals surface area contributed by atoms with Crippen molar-refractivity contribution in [3.63, 3.8) is 0 Å². The second-order valence-electron chi connectivity index (χ2n) is 7.74. The molecule has 0 aliphatic heterocycles. The van der Waals surface area contributed by atoms with Gasteiger partial charge in [-0.2, -0.15) is 10.2 Å². The van der Waals surface area contributed by atoms with Gasteiger partial charge in [-0.1, -0.05) is 6.58 Å². The molecular formula is C20H22N6O2. The van der Waals surface area contributed by atoms with Crippen LogP contribution in [0.1, 0.15) is 19.3 Å². The lowest BCUT2D eigenvalue weighted by Gasteiger charge is -2.49. The Labute approximate surface area is 162 Å². The topological polar surface area (TPSA) is 77.6 Å². The van der Waals surface area contributed by atoms with E-state index in [1.807, 2.05) is 32.6 Å². The summed E-state index contributed by atoms with van der Waals surface area (Å²) < 4.78 is 9.93. The summed E-state index contributed by atoms with van der Waals surface area (Å²) in [6.45, 7) is 3.60. The fourth-order valence-corrected chi connectivity index (χ4v) is 4.34. The Morgan fingerprint density at radius 3 is 2.89 bits per heavy atom. The molecular weight excluding hydrogens is 356 g/mol. The number of aryl methyl sites for hydroxylation is 1. The first kappa shape index (κ1) is 17.0. The summed E-state index contributed by atoms with van der Waals surface area (Å²) in [5, 5.41) is 8.58. The molecule has 2 aliphatic carbocycles. The van der Waals surface area contributed by atoms with Crippen LogP contribution >= 0.6 is 0 Å². The largest absolute Gasteiger partial charge is 0.472 e. The fourth-order valence-electron chi connectivity index (χ4n) is 4.34. The highest BCUT2D eigenvalue weighted by Gasteiger charge is 2.66. The van der Waals surface area contributed by atoms with Gasteiger partial charge in [0.05, 0.1) is 24.3 Å². The number of nitrogens with zero attached hydrogens (tertiary/aromatic N) is 6. The van der Waals surface area contributed by atoms with E-state index in [4.69, 9.17) is 9.72 Å². The minimum Gasteiger partial charge on any atom is -0.472 e. The average Bonchev–Trinajstić information content (AvgIpc) is 3.23. The second-order valence-corrected chi connectivity index (χ2v) is 7.74. The van der Waals surface area contributed by atoms with E-state index in [1.165, 1.54) is 6.08 Å². The van der Waals surface area contributed by atoms with E-state index in [0.29, 0.717) is 5.88 Å². The maximum atomic E-state index is 12.0. The van der Waals surface area contributed by atoms with Crippen molar-refractivity contribution >= 4 is 11.4 Å². The van der Waals surface area contributed by atoms with Crippen LogP contribution in [0, 0.1) is 5.41 Å². The maximum absolute atomic E-state index is 12.0. The van der Waals surface area contributed by atoms with Crippen molar-refractivity contribution in [2.75, 3.05) is 7.05 Å². The number of fused-ring (bicyclic) bond motifs is 1. The first-order valence-corrected chi connectivity index (χ1v) is 9.41. The van der Waals surface area contributed by atoms with Crippen LogP contribution in [-0.2, 0) is 11.8 Å². The van der Waals surface area contributed by atoms with Gasteiger partial charge in [0.15, 0.2) is 0 Å². The van der Waals surface area contributed by atoms with Crippen LogP contribution in [0.4, 0.5) is 0 Å². The molecule has 8 nitrogen and oxygen atoms in total. The number of rotatable bonds is 5. The van der Waals surface area contributed by atoms with E-state index in [0.717, 1.165) is 36.0 Å². The molecule has 1 amide bonds. The van der Waals surface area contributed by atoms with Crippen molar-refractivity contribution in [1.82, 2.24) is 29.3 Å². The number of likely N-dealkylation sites (N-methyl/N-ethyl adjacent to an activating group) is 1. The SMILES string of the molecule is C=CC(=O)N(C)[C@H]1C[C@@H](Oc2nc(-c3cnn(C)c3)cn3nccc23)C12CC2. The summed E-state index contributed by atoms with van der Waals surface area (Å²) in [4.78, 5) is 18.6. The van der Waals surface area contributed by atoms with E-state index in [9.17, 15) is 4.79 Å². The van der Waals surface area contributed by atoms with Crippen molar-refractivity contribution in [1.29, 1.82) is 0 Å². The Morgan fingerprint density at radius 2 is 2.21 bits per heavy atom. The molecule has 3 aromatic heterocycles. The molecule has 28 heavy (non-hydrogen) atoms. The molecule has 1 spiro atoms. The Hall–Kier alpha value is -3.16. The molecule has 0 aromatic carbocycles. The number of aromatic nitrogens is 5. The van der Waals surface area contributed by atoms with Gasteiger partial charge < -0.3 is 9.64 Å². The number of carbonyl (C=O) groups is 1. The van der Waals surface area contributed by atoms with Gasteiger partial charge in [0, 0.05) is 43.7 Å². The van der Waals surface area contributed by atoms with E-state index in [1.54, 1.807) is 26.5 Å². The summed E-state index contributed by atoms with van der Waals surface area (Å²) in [5.74, 6) is 0.538. The maximum Gasteiger partial charge on any atom is 0.245 e. The monoisotopic (exact) mass is 378 g/mol. The van der Waals surface area contributed by atoms with Gasteiger partial charge in [-0.15, -0.1) is 0 Å². The molecule has 2 atom stereocenters. The summed E-state index contributed by atoms with van der Waals surface area (Å²) in [6.07, 6.45) is 11.7. The summed E-state index contributed by atoms with van der Waals surface area (Å²) in [5.41, 5.74) is 2.55. The first-order chi connectivity index (χ1) is 13.5. The molecule has 144 valence electrons. The van der Waals surface area contributed by atoms with Crippen molar-refractivity contribution in [2.24, 2.45) is 12.5 Å². The predicted molar refractivity (Wildman–Crippen MR) is 103 cm³/mol. The van der Waals surface area contributed by atoms with E-state index in [-0.39, 0.29) is 23.5 Å². The average molecular weight is 378 g/mol. The molecule has 0 saturated heterocycles. The van der Waals surface area contributed by atoms with Crippen LogP contribution in [0.3, 0.4) is 0 Å². The zero-order chi connectivity index (χ0) is 19.5. The predicted octanol–water partition coefficient (Wildman–Crippen LogP) is 2.07. The Bertz CT molecular complexity index is 1080. The third-order valence-electron chi connectivity index (χ3n) is 6.17. The molecule has 0 unspecified atom stereocenters. The summed E-state index contributed by atoms with van der Waals surface area (Å²) in [6, 6.07) is 2.10. The third kappa shape index (κ3) is 2.44. The highest BCUT2D eigenvalue weighted by molar-refractivity contribution is 5.87. The molecule has 2 aliphatic rings. The number of ether oxygens (including phenoxy) is 1. The van der Waals surface area contributed by atoms with Gasteiger partial charge in [0.1, 0.15) is 11.6 Å². The quantitative estimate of drug-likeness (QED) is 0.635. The Morgan fingerprint density at radius 1 is 1.39 bits per heavy atom.